The van der Waals surface area contributed by atoms with Crippen LogP contribution in [0.1, 0.15) is 36.5 Å². The Labute approximate surface area is 107 Å². The third-order valence-electron chi connectivity index (χ3n) is 3.69. The smallest absolute Gasteiger partial charge is 0.254 e. The molecule has 0 bridgehead atoms. The van der Waals surface area contributed by atoms with Crippen molar-refractivity contribution in [1.29, 1.82) is 0 Å². The molecule has 0 radical (unpaired) electrons. The Kier molecular flexibility index (Phi) is 4.18. The van der Waals surface area contributed by atoms with Gasteiger partial charge in [-0.3, -0.25) is 4.79 Å². The molecule has 2 rings (SSSR count). The highest BCUT2D eigenvalue weighted by molar-refractivity contribution is 7.08. The van der Waals surface area contributed by atoms with Gasteiger partial charge >= 0.3 is 0 Å². The zero-order valence-corrected chi connectivity index (χ0v) is 11.1. The first-order valence-electron chi connectivity index (χ1n) is 6.31. The van der Waals surface area contributed by atoms with Gasteiger partial charge < -0.3 is 10.6 Å². The molecule has 0 aliphatic heterocycles. The number of carbonyl (C=O) groups excluding carboxylic acids is 1. The number of rotatable bonds is 4. The van der Waals surface area contributed by atoms with Gasteiger partial charge in [-0.15, -0.1) is 0 Å². The SMILES string of the molecule is CCN(C(=O)c1ccsc1)C1CCCC1CN. The lowest BCUT2D eigenvalue weighted by atomic mass is 10.0. The maximum atomic E-state index is 12.4. The van der Waals surface area contributed by atoms with Crippen LogP contribution in [0.2, 0.25) is 0 Å². The second-order valence-corrected chi connectivity index (χ2v) is 5.38. The van der Waals surface area contributed by atoms with Crippen molar-refractivity contribution in [2.24, 2.45) is 11.7 Å². The summed E-state index contributed by atoms with van der Waals surface area (Å²) in [7, 11) is 0. The molecule has 2 N–H and O–H groups in total. The van der Waals surface area contributed by atoms with Gasteiger partial charge in [0.15, 0.2) is 0 Å². The summed E-state index contributed by atoms with van der Waals surface area (Å²) in [6.45, 7) is 3.52. The summed E-state index contributed by atoms with van der Waals surface area (Å²) in [5, 5.41) is 3.88. The van der Waals surface area contributed by atoms with Crippen LogP contribution < -0.4 is 5.73 Å². The summed E-state index contributed by atoms with van der Waals surface area (Å²) < 4.78 is 0. The zero-order valence-electron chi connectivity index (χ0n) is 10.3. The highest BCUT2D eigenvalue weighted by Gasteiger charge is 2.33. The van der Waals surface area contributed by atoms with E-state index >= 15 is 0 Å². The minimum Gasteiger partial charge on any atom is -0.336 e. The van der Waals surface area contributed by atoms with Gasteiger partial charge in [0, 0.05) is 18.0 Å². The molecule has 0 aromatic carbocycles. The normalized spacial score (nSPS) is 23.9. The molecule has 4 heteroatoms. The summed E-state index contributed by atoms with van der Waals surface area (Å²) in [5.41, 5.74) is 6.62. The van der Waals surface area contributed by atoms with E-state index < -0.39 is 0 Å². The highest BCUT2D eigenvalue weighted by Crippen LogP contribution is 2.30. The van der Waals surface area contributed by atoms with Crippen LogP contribution in [0.15, 0.2) is 16.8 Å². The first-order chi connectivity index (χ1) is 8.27. The van der Waals surface area contributed by atoms with E-state index in [2.05, 4.69) is 6.92 Å². The standard InChI is InChI=1S/C13H20N2OS/c1-2-15(12-5-3-4-10(12)8-14)13(16)11-6-7-17-9-11/h6-7,9-10,12H,2-5,8,14H2,1H3. The molecule has 1 aliphatic carbocycles. The van der Waals surface area contributed by atoms with E-state index in [0.29, 0.717) is 18.5 Å². The molecule has 1 heterocycles. The molecule has 1 aromatic heterocycles. The van der Waals surface area contributed by atoms with Crippen LogP contribution in [-0.4, -0.2) is 29.9 Å². The number of nitrogens with two attached hydrogens (primary N) is 1. The summed E-state index contributed by atoms with van der Waals surface area (Å²) in [6.07, 6.45) is 3.46. The molecule has 1 aromatic rings. The van der Waals surface area contributed by atoms with Crippen LogP contribution in [0.3, 0.4) is 0 Å². The first-order valence-corrected chi connectivity index (χ1v) is 7.25. The fourth-order valence-corrected chi connectivity index (χ4v) is 3.41. The fourth-order valence-electron chi connectivity index (χ4n) is 2.78. The third-order valence-corrected chi connectivity index (χ3v) is 4.37. The number of hydrogen-bond acceptors (Lipinski definition) is 3. The minimum atomic E-state index is 0.166. The van der Waals surface area contributed by atoms with Crippen molar-refractivity contribution in [2.45, 2.75) is 32.2 Å². The van der Waals surface area contributed by atoms with Crippen molar-refractivity contribution in [3.63, 3.8) is 0 Å². The minimum absolute atomic E-state index is 0.166. The average Bonchev–Trinajstić information content (AvgIpc) is 3.01. The van der Waals surface area contributed by atoms with Crippen LogP contribution in [-0.2, 0) is 0 Å². The lowest BCUT2D eigenvalue weighted by Crippen LogP contribution is -2.43. The predicted molar refractivity (Wildman–Crippen MR) is 71.2 cm³/mol. The lowest BCUT2D eigenvalue weighted by molar-refractivity contribution is 0.0652. The van der Waals surface area contributed by atoms with E-state index in [9.17, 15) is 4.79 Å². The van der Waals surface area contributed by atoms with Crippen molar-refractivity contribution in [3.8, 4) is 0 Å². The average molecular weight is 252 g/mol. The summed E-state index contributed by atoms with van der Waals surface area (Å²) >= 11 is 1.57. The molecule has 2 atom stereocenters. The summed E-state index contributed by atoms with van der Waals surface area (Å²) in [5.74, 6) is 0.650. The molecular formula is C13H20N2OS. The third kappa shape index (κ3) is 2.53. The number of amides is 1. The second-order valence-electron chi connectivity index (χ2n) is 4.60. The van der Waals surface area contributed by atoms with E-state index in [-0.39, 0.29) is 5.91 Å². The quantitative estimate of drug-likeness (QED) is 0.894. The Morgan fingerprint density at radius 2 is 2.41 bits per heavy atom. The molecule has 1 saturated carbocycles. The van der Waals surface area contributed by atoms with Gasteiger partial charge in [0.1, 0.15) is 0 Å². The maximum Gasteiger partial charge on any atom is 0.254 e. The van der Waals surface area contributed by atoms with E-state index in [1.807, 2.05) is 21.7 Å². The van der Waals surface area contributed by atoms with Gasteiger partial charge in [0.05, 0.1) is 5.56 Å². The molecule has 1 fully saturated rings. The van der Waals surface area contributed by atoms with Crippen LogP contribution in [0, 0.1) is 5.92 Å². The molecule has 3 nitrogen and oxygen atoms in total. The first kappa shape index (κ1) is 12.6. The van der Waals surface area contributed by atoms with Crippen LogP contribution in [0.5, 0.6) is 0 Å². The second kappa shape index (κ2) is 5.65. The molecule has 1 amide bonds. The maximum absolute atomic E-state index is 12.4. The molecule has 2 unspecified atom stereocenters. The van der Waals surface area contributed by atoms with Crippen molar-refractivity contribution < 1.29 is 4.79 Å². The Hall–Kier alpha value is -0.870. The van der Waals surface area contributed by atoms with Crippen molar-refractivity contribution in [2.75, 3.05) is 13.1 Å². The Morgan fingerprint density at radius 3 is 3.00 bits per heavy atom. The van der Waals surface area contributed by atoms with Crippen LogP contribution in [0.25, 0.3) is 0 Å². The number of hydrogen-bond donors (Lipinski definition) is 1. The number of thiophene rings is 1. The Morgan fingerprint density at radius 1 is 1.59 bits per heavy atom. The molecule has 17 heavy (non-hydrogen) atoms. The summed E-state index contributed by atoms with van der Waals surface area (Å²) in [6, 6.07) is 2.25. The Bertz CT molecular complexity index is 364. The van der Waals surface area contributed by atoms with Gasteiger partial charge in [-0.05, 0) is 43.7 Å². The van der Waals surface area contributed by atoms with Crippen LogP contribution in [0.4, 0.5) is 0 Å². The topological polar surface area (TPSA) is 46.3 Å². The van der Waals surface area contributed by atoms with Crippen molar-refractivity contribution in [3.05, 3.63) is 22.4 Å². The molecule has 94 valence electrons. The highest BCUT2D eigenvalue weighted by atomic mass is 32.1. The van der Waals surface area contributed by atoms with E-state index in [1.54, 1.807) is 11.3 Å². The largest absolute Gasteiger partial charge is 0.336 e. The van der Waals surface area contributed by atoms with E-state index in [0.717, 1.165) is 24.9 Å². The molecular weight excluding hydrogens is 232 g/mol. The van der Waals surface area contributed by atoms with Crippen molar-refractivity contribution in [1.82, 2.24) is 4.90 Å². The fraction of sp³-hybridized carbons (Fsp3) is 0.615. The molecule has 0 saturated heterocycles. The van der Waals surface area contributed by atoms with Gasteiger partial charge in [-0.2, -0.15) is 11.3 Å². The van der Waals surface area contributed by atoms with Gasteiger partial charge in [-0.1, -0.05) is 6.42 Å². The predicted octanol–water partition coefficient (Wildman–Crippen LogP) is 2.34. The lowest BCUT2D eigenvalue weighted by Gasteiger charge is -2.31. The Balaban J connectivity index is 2.13. The van der Waals surface area contributed by atoms with Crippen LogP contribution >= 0.6 is 11.3 Å². The zero-order chi connectivity index (χ0) is 12.3. The van der Waals surface area contributed by atoms with Crippen molar-refractivity contribution >= 4 is 17.2 Å². The summed E-state index contributed by atoms with van der Waals surface area (Å²) in [4.78, 5) is 14.4. The van der Waals surface area contributed by atoms with E-state index in [4.69, 9.17) is 5.73 Å². The molecule has 1 aliphatic rings. The number of carbonyl (C=O) groups is 1. The van der Waals surface area contributed by atoms with Gasteiger partial charge in [0.2, 0.25) is 0 Å². The number of nitrogens with zero attached hydrogens (tertiary/aromatic N) is 1. The monoisotopic (exact) mass is 252 g/mol. The molecule has 0 spiro atoms. The van der Waals surface area contributed by atoms with Gasteiger partial charge in [0.25, 0.3) is 5.91 Å². The van der Waals surface area contributed by atoms with Gasteiger partial charge in [-0.25, -0.2) is 0 Å². The van der Waals surface area contributed by atoms with E-state index in [1.165, 1.54) is 6.42 Å².